The number of aryl methyl sites for hydroxylation is 1. The quantitative estimate of drug-likeness (QED) is 0.824. The van der Waals surface area contributed by atoms with Gasteiger partial charge in [-0.25, -0.2) is 4.98 Å². The lowest BCUT2D eigenvalue weighted by molar-refractivity contribution is -0.136. The van der Waals surface area contributed by atoms with E-state index in [-0.39, 0.29) is 6.04 Å². The molecule has 0 radical (unpaired) electrons. The molecule has 122 valence electrons. The Morgan fingerprint density at radius 1 is 1.35 bits per heavy atom. The van der Waals surface area contributed by atoms with E-state index in [1.54, 1.807) is 11.6 Å². The molecular weight excluding hydrogens is 314 g/mol. The largest absolute Gasteiger partial charge is 0.494 e. The van der Waals surface area contributed by atoms with E-state index in [2.05, 4.69) is 15.6 Å². The number of nitrogens with one attached hydrogen (secondary N) is 2. The van der Waals surface area contributed by atoms with Gasteiger partial charge in [-0.2, -0.15) is 0 Å². The van der Waals surface area contributed by atoms with Gasteiger partial charge in [0.1, 0.15) is 5.75 Å². The summed E-state index contributed by atoms with van der Waals surface area (Å²) in [6.07, 6.45) is 1.56. The average molecular weight is 333 g/mol. The molecule has 0 aliphatic rings. The molecule has 0 bridgehead atoms. The number of carbonyl (C=O) groups is 2. The van der Waals surface area contributed by atoms with E-state index in [1.807, 2.05) is 39.0 Å². The molecule has 1 unspecified atom stereocenters. The van der Waals surface area contributed by atoms with Gasteiger partial charge >= 0.3 is 11.8 Å². The lowest BCUT2D eigenvalue weighted by Gasteiger charge is -2.18. The van der Waals surface area contributed by atoms with Crippen LogP contribution in [0.4, 0.5) is 5.13 Å². The smallest absolute Gasteiger partial charge is 0.315 e. The Kier molecular flexibility index (Phi) is 5.70. The second kappa shape index (κ2) is 7.73. The summed E-state index contributed by atoms with van der Waals surface area (Å²) in [5.41, 5.74) is 1.89. The fourth-order valence-electron chi connectivity index (χ4n) is 2.07. The van der Waals surface area contributed by atoms with Crippen molar-refractivity contribution in [3.8, 4) is 5.75 Å². The van der Waals surface area contributed by atoms with Crippen LogP contribution in [0.3, 0.4) is 0 Å². The molecule has 1 heterocycles. The highest BCUT2D eigenvalue weighted by atomic mass is 32.1. The van der Waals surface area contributed by atoms with Crippen molar-refractivity contribution in [2.24, 2.45) is 0 Å². The van der Waals surface area contributed by atoms with Crippen LogP contribution in [0.25, 0.3) is 0 Å². The third kappa shape index (κ3) is 4.53. The summed E-state index contributed by atoms with van der Waals surface area (Å²) >= 11 is 1.25. The molecular formula is C16H19N3O3S. The van der Waals surface area contributed by atoms with Crippen molar-refractivity contribution < 1.29 is 14.3 Å². The van der Waals surface area contributed by atoms with Crippen molar-refractivity contribution in [2.75, 3.05) is 11.9 Å². The molecule has 0 aliphatic heterocycles. The lowest BCUT2D eigenvalue weighted by Crippen LogP contribution is -2.37. The number of hydrogen-bond acceptors (Lipinski definition) is 5. The zero-order valence-electron chi connectivity index (χ0n) is 13.3. The minimum atomic E-state index is -0.739. The maximum absolute atomic E-state index is 12.0. The molecule has 2 N–H and O–H groups in total. The Labute approximate surface area is 138 Å². The zero-order valence-corrected chi connectivity index (χ0v) is 14.1. The Morgan fingerprint density at radius 3 is 2.78 bits per heavy atom. The van der Waals surface area contributed by atoms with Crippen LogP contribution in [0, 0.1) is 6.92 Å². The summed E-state index contributed by atoms with van der Waals surface area (Å²) < 4.78 is 5.58. The second-order valence-corrected chi connectivity index (χ2v) is 5.86. The van der Waals surface area contributed by atoms with Gasteiger partial charge in [0.2, 0.25) is 0 Å². The molecule has 1 aromatic carbocycles. The molecule has 0 fully saturated rings. The maximum atomic E-state index is 12.0. The van der Waals surface area contributed by atoms with Crippen molar-refractivity contribution in [2.45, 2.75) is 26.8 Å². The SMILES string of the molecule is CCOc1ccc(C)cc1C(C)NC(=O)C(=O)Nc1nccs1. The van der Waals surface area contributed by atoms with E-state index in [4.69, 9.17) is 4.74 Å². The number of benzene rings is 1. The van der Waals surface area contributed by atoms with Crippen molar-refractivity contribution >= 4 is 28.3 Å². The number of aromatic nitrogens is 1. The van der Waals surface area contributed by atoms with Gasteiger partial charge in [0.15, 0.2) is 5.13 Å². The summed E-state index contributed by atoms with van der Waals surface area (Å²) in [6, 6.07) is 5.39. The van der Waals surface area contributed by atoms with Crippen molar-refractivity contribution in [3.63, 3.8) is 0 Å². The molecule has 0 spiro atoms. The molecule has 0 saturated heterocycles. The summed E-state index contributed by atoms with van der Waals surface area (Å²) in [5.74, 6) is -0.750. The minimum absolute atomic E-state index is 0.356. The third-order valence-corrected chi connectivity index (χ3v) is 3.83. The van der Waals surface area contributed by atoms with E-state index in [0.29, 0.717) is 17.5 Å². The minimum Gasteiger partial charge on any atom is -0.494 e. The summed E-state index contributed by atoms with van der Waals surface area (Å²) in [5, 5.41) is 7.25. The first-order valence-corrected chi connectivity index (χ1v) is 8.14. The molecule has 1 aromatic heterocycles. The number of ether oxygens (including phenoxy) is 1. The predicted molar refractivity (Wildman–Crippen MR) is 89.6 cm³/mol. The van der Waals surface area contributed by atoms with Crippen LogP contribution >= 0.6 is 11.3 Å². The monoisotopic (exact) mass is 333 g/mol. The van der Waals surface area contributed by atoms with Gasteiger partial charge in [0, 0.05) is 17.1 Å². The van der Waals surface area contributed by atoms with Gasteiger partial charge in [-0.3, -0.25) is 14.9 Å². The second-order valence-electron chi connectivity index (χ2n) is 4.96. The van der Waals surface area contributed by atoms with Gasteiger partial charge in [-0.15, -0.1) is 11.3 Å². The Bertz CT molecular complexity index is 686. The molecule has 1 atom stereocenters. The van der Waals surface area contributed by atoms with E-state index in [9.17, 15) is 9.59 Å². The Balaban J connectivity index is 2.06. The predicted octanol–water partition coefficient (Wildman–Crippen LogP) is 2.67. The van der Waals surface area contributed by atoms with Crippen LogP contribution in [-0.2, 0) is 9.59 Å². The van der Waals surface area contributed by atoms with Gasteiger partial charge in [-0.1, -0.05) is 17.7 Å². The van der Waals surface area contributed by atoms with Crippen LogP contribution in [0.2, 0.25) is 0 Å². The number of thiazole rings is 1. The Hall–Kier alpha value is -2.41. The van der Waals surface area contributed by atoms with Gasteiger partial charge in [0.05, 0.1) is 12.6 Å². The van der Waals surface area contributed by atoms with Crippen molar-refractivity contribution in [1.29, 1.82) is 0 Å². The van der Waals surface area contributed by atoms with Gasteiger partial charge in [0.25, 0.3) is 0 Å². The summed E-state index contributed by atoms with van der Waals surface area (Å²) in [7, 11) is 0. The number of anilines is 1. The first-order valence-electron chi connectivity index (χ1n) is 7.26. The van der Waals surface area contributed by atoms with Gasteiger partial charge in [-0.05, 0) is 26.8 Å². The fraction of sp³-hybridized carbons (Fsp3) is 0.312. The first kappa shape index (κ1) is 17.0. The van der Waals surface area contributed by atoms with E-state index < -0.39 is 11.8 Å². The number of nitrogens with zero attached hydrogens (tertiary/aromatic N) is 1. The van der Waals surface area contributed by atoms with E-state index >= 15 is 0 Å². The van der Waals surface area contributed by atoms with Gasteiger partial charge < -0.3 is 10.1 Å². The lowest BCUT2D eigenvalue weighted by atomic mass is 10.0. The first-order chi connectivity index (χ1) is 11.0. The maximum Gasteiger partial charge on any atom is 0.315 e. The number of carbonyl (C=O) groups excluding carboxylic acids is 2. The average Bonchev–Trinajstić information content (AvgIpc) is 3.02. The number of hydrogen-bond donors (Lipinski definition) is 2. The van der Waals surface area contributed by atoms with Crippen LogP contribution in [0.5, 0.6) is 5.75 Å². The normalized spacial score (nSPS) is 11.6. The third-order valence-electron chi connectivity index (χ3n) is 3.14. The standard InChI is InChI=1S/C16H19N3O3S/c1-4-22-13-6-5-10(2)9-12(13)11(3)18-14(20)15(21)19-16-17-7-8-23-16/h5-9,11H,4H2,1-3H3,(H,18,20)(H,17,19,21). The molecule has 23 heavy (non-hydrogen) atoms. The topological polar surface area (TPSA) is 80.3 Å². The number of amides is 2. The van der Waals surface area contributed by atoms with Crippen LogP contribution in [-0.4, -0.2) is 23.4 Å². The van der Waals surface area contributed by atoms with Crippen LogP contribution in [0.1, 0.15) is 31.0 Å². The zero-order chi connectivity index (χ0) is 16.8. The van der Waals surface area contributed by atoms with E-state index in [0.717, 1.165) is 11.1 Å². The van der Waals surface area contributed by atoms with Crippen LogP contribution in [0.15, 0.2) is 29.8 Å². The molecule has 2 aromatic rings. The Morgan fingerprint density at radius 2 is 2.13 bits per heavy atom. The molecule has 2 amide bonds. The summed E-state index contributed by atoms with van der Waals surface area (Å²) in [4.78, 5) is 27.8. The van der Waals surface area contributed by atoms with E-state index in [1.165, 1.54) is 11.3 Å². The number of rotatable bonds is 5. The van der Waals surface area contributed by atoms with Crippen molar-refractivity contribution in [3.05, 3.63) is 40.9 Å². The van der Waals surface area contributed by atoms with Crippen LogP contribution < -0.4 is 15.4 Å². The highest BCUT2D eigenvalue weighted by molar-refractivity contribution is 7.13. The molecule has 6 nitrogen and oxygen atoms in total. The fourth-order valence-corrected chi connectivity index (χ4v) is 2.60. The molecule has 0 saturated carbocycles. The highest BCUT2D eigenvalue weighted by Crippen LogP contribution is 2.26. The molecule has 0 aliphatic carbocycles. The molecule has 2 rings (SSSR count). The molecule has 7 heteroatoms. The summed E-state index contributed by atoms with van der Waals surface area (Å²) in [6.45, 7) is 6.20. The van der Waals surface area contributed by atoms with Crippen molar-refractivity contribution in [1.82, 2.24) is 10.3 Å². The highest BCUT2D eigenvalue weighted by Gasteiger charge is 2.20.